The largest absolute Gasteiger partial charge is 0.767 e. The number of ether oxygens (including phenoxy) is 1. The Morgan fingerprint density at radius 3 is 2.41 bits per heavy atom. The van der Waals surface area contributed by atoms with Crippen LogP contribution in [0.25, 0.3) is 0 Å². The van der Waals surface area contributed by atoms with Gasteiger partial charge in [-0.15, -0.1) is 13.2 Å². The topological polar surface area (TPSA) is 101 Å². The molecule has 1 aliphatic heterocycles. The highest BCUT2D eigenvalue weighted by molar-refractivity contribution is 5.79. The number of nitrogens with two attached hydrogens (primary N) is 1. The molecule has 1 saturated carbocycles. The van der Waals surface area contributed by atoms with Crippen molar-refractivity contribution in [3.05, 3.63) is 70.4 Å². The van der Waals surface area contributed by atoms with E-state index in [2.05, 4.69) is 15.8 Å². The lowest BCUT2D eigenvalue weighted by atomic mass is 9.80. The number of benzene rings is 2. The molecule has 0 radical (unpaired) electrons. The van der Waals surface area contributed by atoms with Crippen LogP contribution in [-0.4, -0.2) is 29.6 Å². The van der Waals surface area contributed by atoms with Gasteiger partial charge < -0.3 is 15.7 Å². The van der Waals surface area contributed by atoms with Gasteiger partial charge in [-0.3, -0.25) is 10.2 Å². The van der Waals surface area contributed by atoms with Gasteiger partial charge in [-0.05, 0) is 48.6 Å². The molecular formula is C22H21F3N5O2-. The Morgan fingerprint density at radius 2 is 1.84 bits per heavy atom. The van der Waals surface area contributed by atoms with Crippen LogP contribution < -0.4 is 10.5 Å². The average molecular weight is 444 g/mol. The molecule has 10 heteroatoms. The van der Waals surface area contributed by atoms with Crippen LogP contribution in [0.5, 0.6) is 5.75 Å². The number of halogens is 3. The average Bonchev–Trinajstić information content (AvgIpc) is 3.53. The number of hydrogen-bond acceptors (Lipinski definition) is 7. The van der Waals surface area contributed by atoms with Gasteiger partial charge in [0.15, 0.2) is 0 Å². The second-order valence-electron chi connectivity index (χ2n) is 8.24. The van der Waals surface area contributed by atoms with Crippen molar-refractivity contribution in [1.82, 2.24) is 10.2 Å². The Bertz CT molecular complexity index is 1090. The molecule has 0 amide bonds. The van der Waals surface area contributed by atoms with E-state index in [1.807, 2.05) is 12.1 Å². The van der Waals surface area contributed by atoms with Crippen molar-refractivity contribution in [2.24, 2.45) is 10.7 Å². The zero-order valence-corrected chi connectivity index (χ0v) is 17.4. The molecule has 2 N–H and O–H groups in total. The summed E-state index contributed by atoms with van der Waals surface area (Å²) in [6.45, 7) is 1.64. The summed E-state index contributed by atoms with van der Waals surface area (Å²) in [5, 5.41) is 24.4. The van der Waals surface area contributed by atoms with Crippen LogP contribution in [-0.2, 0) is 11.0 Å². The minimum absolute atomic E-state index is 0.0704. The molecule has 7 nitrogen and oxygen atoms in total. The number of alkyl halides is 3. The van der Waals surface area contributed by atoms with E-state index < -0.39 is 29.1 Å². The Kier molecular flexibility index (Phi) is 5.07. The lowest BCUT2D eigenvalue weighted by Crippen LogP contribution is -2.56. The first-order valence-electron chi connectivity index (χ1n) is 9.92. The third-order valence-electron chi connectivity index (χ3n) is 6.12. The van der Waals surface area contributed by atoms with Crippen LogP contribution in [0, 0.1) is 16.5 Å². The predicted octanol–water partition coefficient (Wildman–Crippen LogP) is 4.07. The molecule has 2 atom stereocenters. The number of aliphatic imine (C=N–C) groups is 1. The highest BCUT2D eigenvalue weighted by atomic mass is 19.4. The Labute approximate surface area is 183 Å². The number of nitrogens with zero attached hydrogens (tertiary/aromatic N) is 4. The molecule has 2 aliphatic rings. The number of nitriles is 1. The zero-order valence-electron chi connectivity index (χ0n) is 17.4. The number of hydroxylamine groups is 1. The molecule has 4 rings (SSSR count). The standard InChI is InChI=1S/C22H21F3N5O2/c1-20(16-4-3-5-17(12-16)32-22(23,24)25)18(30(31)29(2)19(27)28-20)14-6-8-15(9-7-14)21(13-26)10-11-21/h3-9,12,18H,10-11H2,1-2H3,(H2,27,28)/q-1/t18-,20+/m0/s1. The summed E-state index contributed by atoms with van der Waals surface area (Å²) in [7, 11) is 1.46. The minimum Gasteiger partial charge on any atom is -0.767 e. The van der Waals surface area contributed by atoms with E-state index in [0.29, 0.717) is 16.3 Å². The quantitative estimate of drug-likeness (QED) is 0.763. The highest BCUT2D eigenvalue weighted by Crippen LogP contribution is 2.49. The molecule has 1 aliphatic carbocycles. The van der Waals surface area contributed by atoms with Crippen LogP contribution in [0.4, 0.5) is 13.2 Å². The van der Waals surface area contributed by atoms with Crippen molar-refractivity contribution in [3.8, 4) is 11.8 Å². The molecule has 32 heavy (non-hydrogen) atoms. The smallest absolute Gasteiger partial charge is 0.573 e. The van der Waals surface area contributed by atoms with Gasteiger partial charge in [-0.1, -0.05) is 36.4 Å². The third-order valence-corrected chi connectivity index (χ3v) is 6.12. The molecule has 168 valence electrons. The van der Waals surface area contributed by atoms with Crippen LogP contribution in [0.15, 0.2) is 53.5 Å². The highest BCUT2D eigenvalue weighted by Gasteiger charge is 2.46. The first-order valence-corrected chi connectivity index (χ1v) is 9.92. The van der Waals surface area contributed by atoms with Crippen molar-refractivity contribution in [2.45, 2.75) is 43.1 Å². The fourth-order valence-corrected chi connectivity index (χ4v) is 4.12. The van der Waals surface area contributed by atoms with Gasteiger partial charge in [0, 0.05) is 7.05 Å². The number of hydrogen-bond donors (Lipinski definition) is 1. The van der Waals surface area contributed by atoms with E-state index in [1.54, 1.807) is 25.1 Å². The fraction of sp³-hybridized carbons (Fsp3) is 0.364. The van der Waals surface area contributed by atoms with E-state index in [0.717, 1.165) is 23.4 Å². The molecule has 1 fully saturated rings. The summed E-state index contributed by atoms with van der Waals surface area (Å²) in [5.74, 6) is -0.487. The van der Waals surface area contributed by atoms with Gasteiger partial charge >= 0.3 is 6.36 Å². The van der Waals surface area contributed by atoms with Gasteiger partial charge in [0.05, 0.1) is 17.5 Å². The number of rotatable bonds is 4. The molecular weight excluding hydrogens is 423 g/mol. The predicted molar refractivity (Wildman–Crippen MR) is 111 cm³/mol. The van der Waals surface area contributed by atoms with Crippen LogP contribution in [0.3, 0.4) is 0 Å². The SMILES string of the molecule is CN1C(N)=N[C@](C)(c2cccc(OC(F)(F)F)c2)[C@H](c2ccc(C3(C#N)CC3)cc2)N1[O-]. The summed E-state index contributed by atoms with van der Waals surface area (Å²) in [5.41, 5.74) is 5.96. The van der Waals surface area contributed by atoms with Gasteiger partial charge in [0.1, 0.15) is 11.3 Å². The van der Waals surface area contributed by atoms with Gasteiger partial charge in [-0.25, -0.2) is 4.99 Å². The molecule has 0 aromatic heterocycles. The zero-order chi connectivity index (χ0) is 23.3. The lowest BCUT2D eigenvalue weighted by Gasteiger charge is -2.53. The number of guanidine groups is 1. The van der Waals surface area contributed by atoms with Crippen molar-refractivity contribution in [2.75, 3.05) is 7.05 Å². The van der Waals surface area contributed by atoms with Crippen molar-refractivity contribution >= 4 is 5.96 Å². The van der Waals surface area contributed by atoms with Crippen LogP contribution in [0.2, 0.25) is 0 Å². The monoisotopic (exact) mass is 444 g/mol. The second-order valence-corrected chi connectivity index (χ2v) is 8.24. The van der Waals surface area contributed by atoms with Gasteiger partial charge in [0.25, 0.3) is 0 Å². The molecule has 0 spiro atoms. The van der Waals surface area contributed by atoms with Crippen molar-refractivity contribution in [1.29, 1.82) is 5.26 Å². The summed E-state index contributed by atoms with van der Waals surface area (Å²) >= 11 is 0. The first-order chi connectivity index (χ1) is 15.0. The first kappa shape index (κ1) is 21.9. The second kappa shape index (κ2) is 7.39. The van der Waals surface area contributed by atoms with Crippen LogP contribution >= 0.6 is 0 Å². The van der Waals surface area contributed by atoms with E-state index in [4.69, 9.17) is 5.73 Å². The van der Waals surface area contributed by atoms with Crippen molar-refractivity contribution < 1.29 is 17.9 Å². The van der Waals surface area contributed by atoms with E-state index in [-0.39, 0.29) is 5.96 Å². The molecule has 2 aromatic carbocycles. The van der Waals surface area contributed by atoms with Gasteiger partial charge in [0.2, 0.25) is 5.96 Å². The Morgan fingerprint density at radius 1 is 1.19 bits per heavy atom. The summed E-state index contributed by atoms with van der Waals surface area (Å²) in [6.07, 6.45) is -3.28. The minimum atomic E-state index is -4.85. The maximum Gasteiger partial charge on any atom is 0.573 e. The molecule has 2 aromatic rings. The third kappa shape index (κ3) is 3.74. The maximum atomic E-state index is 13.2. The molecule has 0 bridgehead atoms. The normalized spacial score (nSPS) is 25.1. The van der Waals surface area contributed by atoms with Crippen molar-refractivity contribution in [3.63, 3.8) is 0 Å². The Balaban J connectivity index is 1.78. The Hall–Kier alpha value is -3.29. The summed E-state index contributed by atoms with van der Waals surface area (Å²) in [4.78, 5) is 4.50. The molecule has 0 saturated heterocycles. The summed E-state index contributed by atoms with van der Waals surface area (Å²) in [6, 6.07) is 13.9. The fourth-order valence-electron chi connectivity index (χ4n) is 4.12. The molecule has 0 unspecified atom stereocenters. The number of hydrazine groups is 1. The van der Waals surface area contributed by atoms with Crippen LogP contribution in [0.1, 0.15) is 42.5 Å². The summed E-state index contributed by atoms with van der Waals surface area (Å²) < 4.78 is 42.3. The molecule has 1 heterocycles. The van der Waals surface area contributed by atoms with E-state index >= 15 is 0 Å². The van der Waals surface area contributed by atoms with E-state index in [9.17, 15) is 23.6 Å². The maximum absolute atomic E-state index is 13.2. The van der Waals surface area contributed by atoms with E-state index in [1.165, 1.54) is 25.2 Å². The lowest BCUT2D eigenvalue weighted by molar-refractivity contribution is -0.274. The van der Waals surface area contributed by atoms with Gasteiger partial charge in [-0.2, -0.15) is 5.26 Å².